The van der Waals surface area contributed by atoms with Crippen molar-refractivity contribution in [3.63, 3.8) is 0 Å². The van der Waals surface area contributed by atoms with Crippen LogP contribution < -0.4 is 0 Å². The second-order valence-corrected chi connectivity index (χ2v) is 8.82. The van der Waals surface area contributed by atoms with Gasteiger partial charge in [-0.1, -0.05) is 67.8 Å². The summed E-state index contributed by atoms with van der Waals surface area (Å²) in [5, 5.41) is 9.50. The highest BCUT2D eigenvalue weighted by Crippen LogP contribution is 2.40. The van der Waals surface area contributed by atoms with Crippen LogP contribution in [0.1, 0.15) is 65.1 Å². The lowest BCUT2D eigenvalue weighted by molar-refractivity contribution is 0.0990. The first-order valence-electron chi connectivity index (χ1n) is 10.4. The molecule has 1 atom stereocenters. The molecule has 30 heavy (non-hydrogen) atoms. The molecular formula is C24H23N3O2S. The number of ketones is 1. The molecule has 152 valence electrons. The number of hydrogen-bond donors (Lipinski definition) is 1. The van der Waals surface area contributed by atoms with E-state index in [1.165, 1.54) is 31.0 Å². The van der Waals surface area contributed by atoms with Crippen molar-refractivity contribution >= 4 is 28.4 Å². The van der Waals surface area contributed by atoms with Crippen LogP contribution in [-0.4, -0.2) is 21.0 Å². The summed E-state index contributed by atoms with van der Waals surface area (Å²) in [6, 6.07) is 17.7. The molecule has 1 saturated carbocycles. The molecule has 1 aliphatic carbocycles. The van der Waals surface area contributed by atoms with Gasteiger partial charge in [0.2, 0.25) is 5.89 Å². The predicted octanol–water partition coefficient (Wildman–Crippen LogP) is 6.31. The summed E-state index contributed by atoms with van der Waals surface area (Å²) in [5.74, 6) is 1.09. The van der Waals surface area contributed by atoms with Gasteiger partial charge in [-0.3, -0.25) is 4.79 Å². The molecule has 6 heteroatoms. The molecule has 0 saturated heterocycles. The monoisotopic (exact) mass is 417 g/mol. The summed E-state index contributed by atoms with van der Waals surface area (Å²) in [4.78, 5) is 16.8. The molecule has 2 heterocycles. The van der Waals surface area contributed by atoms with Gasteiger partial charge in [0.05, 0.1) is 0 Å². The van der Waals surface area contributed by atoms with Crippen molar-refractivity contribution in [1.29, 1.82) is 0 Å². The maximum atomic E-state index is 13.6. The van der Waals surface area contributed by atoms with Crippen LogP contribution in [0.3, 0.4) is 0 Å². The zero-order chi connectivity index (χ0) is 20.3. The number of aromatic amines is 1. The lowest BCUT2D eigenvalue weighted by atomic mass is 9.89. The molecule has 5 nitrogen and oxygen atoms in total. The number of thioether (sulfide) groups is 1. The van der Waals surface area contributed by atoms with Crippen molar-refractivity contribution in [2.75, 3.05) is 0 Å². The normalized spacial score (nSPS) is 16.0. The van der Waals surface area contributed by atoms with Crippen LogP contribution in [0.2, 0.25) is 0 Å². The van der Waals surface area contributed by atoms with Crippen molar-refractivity contribution in [3.8, 4) is 0 Å². The van der Waals surface area contributed by atoms with Crippen LogP contribution >= 0.6 is 11.8 Å². The average molecular weight is 418 g/mol. The van der Waals surface area contributed by atoms with Crippen LogP contribution in [0.4, 0.5) is 0 Å². The summed E-state index contributed by atoms with van der Waals surface area (Å²) in [6.45, 7) is 0. The molecule has 1 aliphatic rings. The smallest absolute Gasteiger partial charge is 0.277 e. The Balaban J connectivity index is 1.46. The number of hydrogen-bond acceptors (Lipinski definition) is 5. The number of H-pyrrole nitrogens is 1. The Kier molecular flexibility index (Phi) is 5.41. The second-order valence-electron chi connectivity index (χ2n) is 7.76. The first kappa shape index (κ1) is 19.1. The van der Waals surface area contributed by atoms with Gasteiger partial charge in [-0.2, -0.15) is 0 Å². The SMILES string of the molecule is O=C(c1c[nH]c2ccccc12)C(Sc1nnc(C2CCCCC2)o1)c1ccccc1. The zero-order valence-electron chi connectivity index (χ0n) is 16.6. The van der Waals surface area contributed by atoms with E-state index in [9.17, 15) is 4.79 Å². The molecule has 0 spiro atoms. The highest BCUT2D eigenvalue weighted by atomic mass is 32.2. The van der Waals surface area contributed by atoms with Gasteiger partial charge in [0.25, 0.3) is 5.22 Å². The minimum absolute atomic E-state index is 0.0288. The third-order valence-electron chi connectivity index (χ3n) is 5.79. The molecule has 0 aliphatic heterocycles. The number of Topliss-reactive ketones (excluding diaryl/α,β-unsaturated/α-hetero) is 1. The van der Waals surface area contributed by atoms with E-state index in [0.717, 1.165) is 29.3 Å². The Labute approximate surface area is 179 Å². The number of nitrogens with one attached hydrogen (secondary N) is 1. The van der Waals surface area contributed by atoms with Gasteiger partial charge in [-0.15, -0.1) is 10.2 Å². The summed E-state index contributed by atoms with van der Waals surface area (Å²) < 4.78 is 6.01. The molecule has 4 aromatic rings. The number of fused-ring (bicyclic) bond motifs is 1. The van der Waals surface area contributed by atoms with Gasteiger partial charge in [0, 0.05) is 28.6 Å². The quantitative estimate of drug-likeness (QED) is 0.294. The summed E-state index contributed by atoms with van der Waals surface area (Å²) in [7, 11) is 0. The largest absolute Gasteiger partial charge is 0.416 e. The Bertz CT molecular complexity index is 1150. The molecule has 1 fully saturated rings. The lowest BCUT2D eigenvalue weighted by Crippen LogP contribution is -2.09. The van der Waals surface area contributed by atoms with E-state index in [-0.39, 0.29) is 5.78 Å². The lowest BCUT2D eigenvalue weighted by Gasteiger charge is -2.17. The van der Waals surface area contributed by atoms with Crippen LogP contribution in [0, 0.1) is 0 Å². The summed E-state index contributed by atoms with van der Waals surface area (Å²) >= 11 is 1.34. The van der Waals surface area contributed by atoms with E-state index in [4.69, 9.17) is 4.42 Å². The summed E-state index contributed by atoms with van der Waals surface area (Å²) in [5.41, 5.74) is 2.56. The zero-order valence-corrected chi connectivity index (χ0v) is 17.4. The van der Waals surface area contributed by atoms with E-state index in [2.05, 4.69) is 15.2 Å². The fourth-order valence-electron chi connectivity index (χ4n) is 4.20. The molecule has 5 rings (SSSR count). The van der Waals surface area contributed by atoms with Gasteiger partial charge < -0.3 is 9.40 Å². The molecule has 0 amide bonds. The molecule has 0 bridgehead atoms. The minimum Gasteiger partial charge on any atom is -0.416 e. The average Bonchev–Trinajstić information content (AvgIpc) is 3.45. The van der Waals surface area contributed by atoms with Gasteiger partial charge in [-0.25, -0.2) is 0 Å². The van der Waals surface area contributed by atoms with Crippen molar-refractivity contribution in [2.45, 2.75) is 48.5 Å². The van der Waals surface area contributed by atoms with Crippen LogP contribution in [0.25, 0.3) is 10.9 Å². The molecule has 2 aromatic carbocycles. The van der Waals surface area contributed by atoms with Crippen molar-refractivity contribution in [1.82, 2.24) is 15.2 Å². The Morgan fingerprint density at radius 2 is 1.77 bits per heavy atom. The number of nitrogens with zero attached hydrogens (tertiary/aromatic N) is 2. The van der Waals surface area contributed by atoms with Crippen LogP contribution in [0.5, 0.6) is 0 Å². The summed E-state index contributed by atoms with van der Waals surface area (Å²) in [6.07, 6.45) is 7.69. The Hall–Kier alpha value is -2.86. The maximum absolute atomic E-state index is 13.6. The van der Waals surface area contributed by atoms with E-state index in [0.29, 0.717) is 22.6 Å². The van der Waals surface area contributed by atoms with Gasteiger partial charge in [-0.05, 0) is 36.2 Å². The van der Waals surface area contributed by atoms with Crippen LogP contribution in [-0.2, 0) is 0 Å². The molecule has 2 aromatic heterocycles. The van der Waals surface area contributed by atoms with Crippen molar-refractivity contribution in [2.24, 2.45) is 0 Å². The van der Waals surface area contributed by atoms with Gasteiger partial charge in [0.15, 0.2) is 5.78 Å². The molecule has 0 radical (unpaired) electrons. The molecular weight excluding hydrogens is 394 g/mol. The fourth-order valence-corrected chi connectivity index (χ4v) is 5.15. The Morgan fingerprint density at radius 1 is 1.00 bits per heavy atom. The first-order valence-corrected chi connectivity index (χ1v) is 11.3. The number of benzene rings is 2. The van der Waals surface area contributed by atoms with E-state index in [1.54, 1.807) is 6.20 Å². The topological polar surface area (TPSA) is 71.8 Å². The van der Waals surface area contributed by atoms with Crippen LogP contribution in [0.15, 0.2) is 70.4 Å². The third-order valence-corrected chi connectivity index (χ3v) is 6.88. The molecule has 1 N–H and O–H groups in total. The first-order chi connectivity index (χ1) is 14.8. The van der Waals surface area contributed by atoms with Gasteiger partial charge in [0.1, 0.15) is 5.25 Å². The number of carbonyl (C=O) groups excluding carboxylic acids is 1. The van der Waals surface area contributed by atoms with Gasteiger partial charge >= 0.3 is 0 Å². The fraction of sp³-hybridized carbons (Fsp3) is 0.292. The highest BCUT2D eigenvalue weighted by Gasteiger charge is 2.29. The Morgan fingerprint density at radius 3 is 2.60 bits per heavy atom. The maximum Gasteiger partial charge on any atom is 0.277 e. The number of rotatable bonds is 6. The molecule has 1 unspecified atom stereocenters. The minimum atomic E-state index is -0.454. The number of carbonyl (C=O) groups is 1. The third kappa shape index (κ3) is 3.79. The second kappa shape index (κ2) is 8.48. The van der Waals surface area contributed by atoms with Crippen molar-refractivity contribution < 1.29 is 9.21 Å². The van der Waals surface area contributed by atoms with E-state index >= 15 is 0 Å². The standard InChI is InChI=1S/C24H23N3O2S/c28-21(19-15-25-20-14-8-7-13-18(19)20)22(16-9-3-1-4-10-16)30-24-27-26-23(29-24)17-11-5-2-6-12-17/h1,3-4,7-10,13-15,17,22,25H,2,5-6,11-12H2. The highest BCUT2D eigenvalue weighted by molar-refractivity contribution is 8.00. The van der Waals surface area contributed by atoms with E-state index < -0.39 is 5.25 Å². The van der Waals surface area contributed by atoms with Crippen molar-refractivity contribution in [3.05, 3.63) is 77.8 Å². The number of para-hydroxylation sites is 1. The predicted molar refractivity (Wildman–Crippen MR) is 118 cm³/mol. The number of aromatic nitrogens is 3. The van der Waals surface area contributed by atoms with E-state index in [1.807, 2.05) is 54.6 Å².